The first-order valence-corrected chi connectivity index (χ1v) is 9.29. The van der Waals surface area contributed by atoms with Gasteiger partial charge in [-0.25, -0.2) is 9.97 Å². The van der Waals surface area contributed by atoms with Gasteiger partial charge in [0.15, 0.2) is 0 Å². The van der Waals surface area contributed by atoms with Crippen molar-refractivity contribution in [1.29, 1.82) is 0 Å². The Balaban J connectivity index is 1.63. The zero-order chi connectivity index (χ0) is 21.3. The number of anilines is 1. The van der Waals surface area contributed by atoms with Crippen molar-refractivity contribution >= 4 is 44.7 Å². The molecule has 1 amide bonds. The number of pyridine rings is 1. The number of thiazole rings is 1. The second kappa shape index (κ2) is 7.64. The fourth-order valence-electron chi connectivity index (χ4n) is 2.76. The summed E-state index contributed by atoms with van der Waals surface area (Å²) in [6.45, 7) is 0. The van der Waals surface area contributed by atoms with Gasteiger partial charge < -0.3 is 5.32 Å². The minimum absolute atomic E-state index is 0.189. The van der Waals surface area contributed by atoms with E-state index in [9.17, 15) is 25.0 Å². The first kappa shape index (κ1) is 19.1. The van der Waals surface area contributed by atoms with E-state index in [2.05, 4.69) is 15.3 Å². The van der Waals surface area contributed by atoms with Crippen LogP contribution >= 0.6 is 11.3 Å². The Bertz CT molecular complexity index is 1250. The predicted octanol–water partition coefficient (Wildman–Crippen LogP) is 4.43. The third-order valence-electron chi connectivity index (χ3n) is 4.12. The molecule has 2 aromatic carbocycles. The van der Waals surface area contributed by atoms with Crippen molar-refractivity contribution in [2.24, 2.45) is 0 Å². The molecule has 10 nitrogen and oxygen atoms in total. The molecule has 4 aromatic rings. The third kappa shape index (κ3) is 3.82. The number of rotatable bonds is 5. The molecule has 2 heterocycles. The summed E-state index contributed by atoms with van der Waals surface area (Å²) in [6, 6.07) is 13.3. The second-order valence-corrected chi connectivity index (χ2v) is 7.11. The quantitative estimate of drug-likeness (QED) is 0.371. The molecule has 0 spiro atoms. The maximum Gasteiger partial charge on any atom is 0.277 e. The number of hydrogen-bond acceptors (Lipinski definition) is 8. The van der Waals surface area contributed by atoms with Gasteiger partial charge in [0.25, 0.3) is 17.3 Å². The predicted molar refractivity (Wildman–Crippen MR) is 111 cm³/mol. The fourth-order valence-corrected chi connectivity index (χ4v) is 3.67. The average molecular weight is 421 g/mol. The lowest BCUT2D eigenvalue weighted by molar-refractivity contribution is -0.394. The van der Waals surface area contributed by atoms with Gasteiger partial charge in [-0.15, -0.1) is 0 Å². The summed E-state index contributed by atoms with van der Waals surface area (Å²) in [4.78, 5) is 42.6. The van der Waals surface area contributed by atoms with Gasteiger partial charge in [-0.2, -0.15) is 0 Å². The van der Waals surface area contributed by atoms with Gasteiger partial charge in [0.05, 0.1) is 21.5 Å². The fraction of sp³-hybridized carbons (Fsp3) is 0. The summed E-state index contributed by atoms with van der Waals surface area (Å²) in [5, 5.41) is 25.4. The number of benzene rings is 2. The van der Waals surface area contributed by atoms with Gasteiger partial charge in [0.2, 0.25) is 0 Å². The minimum atomic E-state index is -0.786. The normalized spacial score (nSPS) is 10.7. The molecule has 2 aromatic heterocycles. The molecule has 148 valence electrons. The number of hydrogen-bond donors (Lipinski definition) is 1. The number of nitro benzene ring substituents is 2. The third-order valence-corrected chi connectivity index (χ3v) is 5.15. The molecule has 0 atom stereocenters. The summed E-state index contributed by atoms with van der Waals surface area (Å²) >= 11 is 1.40. The average Bonchev–Trinajstić information content (AvgIpc) is 3.18. The topological polar surface area (TPSA) is 141 Å². The summed E-state index contributed by atoms with van der Waals surface area (Å²) < 4.78 is 0. The minimum Gasteiger partial charge on any atom is -0.322 e. The number of nitrogens with zero attached hydrogens (tertiary/aromatic N) is 4. The molecule has 0 saturated carbocycles. The first-order valence-electron chi connectivity index (χ1n) is 8.48. The van der Waals surface area contributed by atoms with Crippen LogP contribution in [0.2, 0.25) is 0 Å². The Morgan fingerprint density at radius 1 is 0.967 bits per heavy atom. The van der Waals surface area contributed by atoms with Crippen LogP contribution in [0.15, 0.2) is 60.8 Å². The van der Waals surface area contributed by atoms with E-state index in [1.807, 2.05) is 12.1 Å². The van der Waals surface area contributed by atoms with Gasteiger partial charge in [0, 0.05) is 29.6 Å². The van der Waals surface area contributed by atoms with Crippen molar-refractivity contribution in [3.05, 3.63) is 86.6 Å². The van der Waals surface area contributed by atoms with E-state index in [4.69, 9.17) is 0 Å². The van der Waals surface area contributed by atoms with E-state index in [-0.39, 0.29) is 5.56 Å². The van der Waals surface area contributed by atoms with Crippen molar-refractivity contribution < 1.29 is 14.6 Å². The van der Waals surface area contributed by atoms with Crippen LogP contribution in [-0.4, -0.2) is 25.7 Å². The van der Waals surface area contributed by atoms with Gasteiger partial charge in [-0.3, -0.25) is 25.0 Å². The number of fused-ring (bicyclic) bond motifs is 1. The molecule has 4 rings (SSSR count). The van der Waals surface area contributed by atoms with Crippen LogP contribution in [0.4, 0.5) is 17.1 Å². The number of aromatic nitrogens is 2. The van der Waals surface area contributed by atoms with E-state index in [0.29, 0.717) is 10.7 Å². The maximum atomic E-state index is 12.6. The number of nitro groups is 2. The molecule has 0 bridgehead atoms. The Labute approximate surface area is 172 Å². The number of carbonyl (C=O) groups excluding carboxylic acids is 1. The second-order valence-electron chi connectivity index (χ2n) is 6.13. The van der Waals surface area contributed by atoms with Gasteiger partial charge in [-0.05, 0) is 24.3 Å². The number of amides is 1. The Kier molecular flexibility index (Phi) is 4.86. The van der Waals surface area contributed by atoms with Gasteiger partial charge >= 0.3 is 0 Å². The Hall–Kier alpha value is -4.25. The molecule has 11 heteroatoms. The largest absolute Gasteiger partial charge is 0.322 e. The molecule has 0 saturated heterocycles. The van der Waals surface area contributed by atoms with Gasteiger partial charge in [0.1, 0.15) is 15.4 Å². The van der Waals surface area contributed by atoms with Crippen LogP contribution in [-0.2, 0) is 0 Å². The lowest BCUT2D eigenvalue weighted by Crippen LogP contribution is -2.12. The highest BCUT2D eigenvalue weighted by molar-refractivity contribution is 7.21. The zero-order valence-corrected chi connectivity index (χ0v) is 15.8. The summed E-state index contributed by atoms with van der Waals surface area (Å²) in [5.41, 5.74) is 0.663. The first-order chi connectivity index (χ1) is 14.4. The zero-order valence-electron chi connectivity index (χ0n) is 15.0. The van der Waals surface area contributed by atoms with Crippen LogP contribution in [0.1, 0.15) is 10.4 Å². The van der Waals surface area contributed by atoms with Crippen LogP contribution in [0, 0.1) is 20.2 Å². The molecule has 0 radical (unpaired) electrons. The van der Waals surface area contributed by atoms with Crippen LogP contribution < -0.4 is 5.32 Å². The summed E-state index contributed by atoms with van der Waals surface area (Å²) in [7, 11) is 0. The van der Waals surface area contributed by atoms with Crippen molar-refractivity contribution in [3.8, 4) is 10.6 Å². The van der Waals surface area contributed by atoms with E-state index >= 15 is 0 Å². The smallest absolute Gasteiger partial charge is 0.277 e. The van der Waals surface area contributed by atoms with E-state index in [0.717, 1.165) is 34.1 Å². The monoisotopic (exact) mass is 421 g/mol. The summed E-state index contributed by atoms with van der Waals surface area (Å²) in [6.07, 6.45) is 1.68. The van der Waals surface area contributed by atoms with Gasteiger partial charge in [-0.1, -0.05) is 23.5 Å². The van der Waals surface area contributed by atoms with Crippen molar-refractivity contribution in [1.82, 2.24) is 9.97 Å². The summed E-state index contributed by atoms with van der Waals surface area (Å²) in [5.74, 6) is -0.704. The van der Waals surface area contributed by atoms with Crippen LogP contribution in [0.25, 0.3) is 20.9 Å². The molecular weight excluding hydrogens is 410 g/mol. The van der Waals surface area contributed by atoms with Crippen molar-refractivity contribution in [3.63, 3.8) is 0 Å². The molecule has 0 unspecified atom stereocenters. The van der Waals surface area contributed by atoms with Crippen molar-refractivity contribution in [2.75, 3.05) is 5.32 Å². The highest BCUT2D eigenvalue weighted by Gasteiger charge is 2.20. The van der Waals surface area contributed by atoms with E-state index < -0.39 is 27.1 Å². The number of non-ortho nitro benzene ring substituents is 2. The number of nitrogens with one attached hydrogen (secondary N) is 1. The lowest BCUT2D eigenvalue weighted by Gasteiger charge is -2.07. The highest BCUT2D eigenvalue weighted by Crippen LogP contribution is 2.30. The Morgan fingerprint density at radius 2 is 1.70 bits per heavy atom. The molecule has 0 aliphatic carbocycles. The molecule has 0 aliphatic heterocycles. The molecular formula is C19H11N5O5S. The molecule has 0 fully saturated rings. The number of carbonyl (C=O) groups is 1. The molecule has 1 N–H and O–H groups in total. The van der Waals surface area contributed by atoms with E-state index in [1.165, 1.54) is 11.3 Å². The van der Waals surface area contributed by atoms with E-state index in [1.54, 1.807) is 30.5 Å². The Morgan fingerprint density at radius 3 is 2.37 bits per heavy atom. The lowest BCUT2D eigenvalue weighted by atomic mass is 10.1. The highest BCUT2D eigenvalue weighted by atomic mass is 32.1. The maximum absolute atomic E-state index is 12.6. The molecule has 0 aliphatic rings. The molecule has 30 heavy (non-hydrogen) atoms. The van der Waals surface area contributed by atoms with Crippen LogP contribution in [0.3, 0.4) is 0 Å². The van der Waals surface area contributed by atoms with Crippen LogP contribution in [0.5, 0.6) is 0 Å². The van der Waals surface area contributed by atoms with Crippen molar-refractivity contribution in [2.45, 2.75) is 0 Å². The SMILES string of the molecule is O=C(Nc1cccc(-c2nc3cccnc3s2)c1)c1cc([N+](=O)[O-])cc([N+](=O)[O-])c1. The standard InChI is InChI=1S/C19H11N5O5S/c25-17(12-8-14(23(26)27)10-15(9-12)24(28)29)21-13-4-1-3-11(7-13)18-22-16-5-2-6-20-19(16)30-18/h1-10H,(H,21,25).